The van der Waals surface area contributed by atoms with Crippen LogP contribution in [0.4, 0.5) is 4.39 Å². The Kier molecular flexibility index (Phi) is 4.31. The second kappa shape index (κ2) is 5.33. The summed E-state index contributed by atoms with van der Waals surface area (Å²) in [6, 6.07) is 4.00. The molecular formula is C11H14ClFN2O2. The lowest BCUT2D eigenvalue weighted by molar-refractivity contribution is -0.130. The number of nitrogens with two attached hydrogens (primary N) is 1. The maximum Gasteiger partial charge on any atom is 0.242 e. The predicted octanol–water partition coefficient (Wildman–Crippen LogP) is 1.87. The summed E-state index contributed by atoms with van der Waals surface area (Å²) in [5, 5.41) is -0.0245. The largest absolute Gasteiger partial charge is 0.492 e. The first-order valence-electron chi connectivity index (χ1n) is 4.96. The molecule has 0 aliphatic rings. The molecule has 0 bridgehead atoms. The Morgan fingerprint density at radius 2 is 2.24 bits per heavy atom. The molecule has 0 aromatic heterocycles. The van der Waals surface area contributed by atoms with Gasteiger partial charge in [-0.05, 0) is 26.0 Å². The molecule has 3 N–H and O–H groups in total. The van der Waals surface area contributed by atoms with Gasteiger partial charge in [-0.2, -0.15) is 0 Å². The van der Waals surface area contributed by atoms with Crippen LogP contribution in [0.3, 0.4) is 0 Å². The summed E-state index contributed by atoms with van der Waals surface area (Å²) in [6.07, 6.45) is 0. The monoisotopic (exact) mass is 260 g/mol. The molecule has 0 saturated heterocycles. The van der Waals surface area contributed by atoms with Crippen LogP contribution in [-0.4, -0.2) is 12.5 Å². The van der Waals surface area contributed by atoms with Gasteiger partial charge in [0, 0.05) is 6.07 Å². The summed E-state index contributed by atoms with van der Waals surface area (Å²) in [5.74, 6) is 4.59. The molecule has 0 fully saturated rings. The van der Waals surface area contributed by atoms with Gasteiger partial charge in [0.1, 0.15) is 18.2 Å². The van der Waals surface area contributed by atoms with Gasteiger partial charge in [0.2, 0.25) is 5.91 Å². The third-order valence-electron chi connectivity index (χ3n) is 2.24. The average molecular weight is 261 g/mol. The van der Waals surface area contributed by atoms with E-state index in [1.165, 1.54) is 18.2 Å². The fourth-order valence-corrected chi connectivity index (χ4v) is 1.26. The van der Waals surface area contributed by atoms with Crippen LogP contribution in [0.25, 0.3) is 0 Å². The van der Waals surface area contributed by atoms with Crippen LogP contribution < -0.4 is 16.0 Å². The first-order chi connectivity index (χ1) is 7.86. The molecule has 1 aromatic carbocycles. The van der Waals surface area contributed by atoms with Crippen LogP contribution in [0.5, 0.6) is 5.75 Å². The fraction of sp³-hybridized carbons (Fsp3) is 0.364. The van der Waals surface area contributed by atoms with E-state index in [9.17, 15) is 9.18 Å². The van der Waals surface area contributed by atoms with Gasteiger partial charge in [-0.25, -0.2) is 10.2 Å². The van der Waals surface area contributed by atoms with Gasteiger partial charge in [0.15, 0.2) is 0 Å². The molecule has 17 heavy (non-hydrogen) atoms. The van der Waals surface area contributed by atoms with Crippen molar-refractivity contribution in [2.24, 2.45) is 11.3 Å². The van der Waals surface area contributed by atoms with E-state index in [2.05, 4.69) is 5.43 Å². The third kappa shape index (κ3) is 3.57. The standard InChI is InChI=1S/C11H14ClFN2O2/c1-11(2,10(16)15-14)6-17-7-3-4-9(13)8(12)5-7/h3-5H,6,14H2,1-2H3,(H,15,16). The lowest BCUT2D eigenvalue weighted by atomic mass is 9.94. The van der Waals surface area contributed by atoms with Gasteiger partial charge < -0.3 is 4.74 Å². The normalized spacial score (nSPS) is 11.1. The van der Waals surface area contributed by atoms with E-state index < -0.39 is 11.2 Å². The van der Waals surface area contributed by atoms with Gasteiger partial charge in [0.25, 0.3) is 0 Å². The Bertz CT molecular complexity index is 424. The van der Waals surface area contributed by atoms with E-state index in [0.29, 0.717) is 5.75 Å². The number of benzene rings is 1. The Morgan fingerprint density at radius 3 is 2.76 bits per heavy atom. The van der Waals surface area contributed by atoms with Crippen molar-refractivity contribution >= 4 is 17.5 Å². The van der Waals surface area contributed by atoms with Crippen LogP contribution in [0.2, 0.25) is 5.02 Å². The van der Waals surface area contributed by atoms with Gasteiger partial charge in [-0.15, -0.1) is 0 Å². The summed E-state index contributed by atoms with van der Waals surface area (Å²) in [6.45, 7) is 3.47. The number of rotatable bonds is 4. The molecule has 0 unspecified atom stereocenters. The van der Waals surface area contributed by atoms with Crippen molar-refractivity contribution in [3.63, 3.8) is 0 Å². The Hall–Kier alpha value is -1.33. The van der Waals surface area contributed by atoms with Gasteiger partial charge >= 0.3 is 0 Å². The third-order valence-corrected chi connectivity index (χ3v) is 2.53. The zero-order chi connectivity index (χ0) is 13.1. The van der Waals surface area contributed by atoms with Crippen LogP contribution in [0.15, 0.2) is 18.2 Å². The lowest BCUT2D eigenvalue weighted by Crippen LogP contribution is -2.44. The minimum atomic E-state index is -0.782. The highest BCUT2D eigenvalue weighted by molar-refractivity contribution is 6.30. The first kappa shape index (κ1) is 13.7. The summed E-state index contributed by atoms with van der Waals surface area (Å²) in [4.78, 5) is 11.4. The van der Waals surface area contributed by atoms with Gasteiger partial charge in [-0.1, -0.05) is 11.6 Å². The number of hydrogen-bond donors (Lipinski definition) is 2. The molecule has 0 aliphatic heterocycles. The number of hydrazine groups is 1. The van der Waals surface area contributed by atoms with Gasteiger partial charge in [0.05, 0.1) is 10.4 Å². The maximum absolute atomic E-state index is 12.9. The zero-order valence-corrected chi connectivity index (χ0v) is 10.3. The molecule has 0 spiro atoms. The molecule has 1 aromatic rings. The van der Waals surface area contributed by atoms with E-state index in [0.717, 1.165) is 0 Å². The molecule has 94 valence electrons. The molecule has 4 nitrogen and oxygen atoms in total. The first-order valence-corrected chi connectivity index (χ1v) is 5.33. The Balaban J connectivity index is 2.67. The maximum atomic E-state index is 12.9. The van der Waals surface area contributed by atoms with Crippen molar-refractivity contribution < 1.29 is 13.9 Å². The van der Waals surface area contributed by atoms with Crippen molar-refractivity contribution in [1.29, 1.82) is 0 Å². The fourth-order valence-electron chi connectivity index (χ4n) is 1.09. The highest BCUT2D eigenvalue weighted by Crippen LogP contribution is 2.23. The number of ether oxygens (including phenoxy) is 1. The second-order valence-electron chi connectivity index (χ2n) is 4.22. The number of nitrogens with one attached hydrogen (secondary N) is 1. The number of amides is 1. The average Bonchev–Trinajstić information content (AvgIpc) is 2.29. The smallest absolute Gasteiger partial charge is 0.242 e. The van der Waals surface area contributed by atoms with Crippen LogP contribution in [0.1, 0.15) is 13.8 Å². The van der Waals surface area contributed by atoms with Crippen molar-refractivity contribution in [2.75, 3.05) is 6.61 Å². The summed E-state index contributed by atoms with van der Waals surface area (Å²) < 4.78 is 18.2. The quantitative estimate of drug-likeness (QED) is 0.494. The zero-order valence-electron chi connectivity index (χ0n) is 9.59. The molecule has 0 atom stereocenters. The Labute approximate surface area is 104 Å². The molecule has 1 rings (SSSR count). The molecule has 1 amide bonds. The van der Waals surface area contributed by atoms with Gasteiger partial charge in [-0.3, -0.25) is 10.2 Å². The molecule has 0 radical (unpaired) electrons. The van der Waals surface area contributed by atoms with E-state index >= 15 is 0 Å². The summed E-state index contributed by atoms with van der Waals surface area (Å²) >= 11 is 5.60. The molecule has 6 heteroatoms. The van der Waals surface area contributed by atoms with E-state index in [1.54, 1.807) is 13.8 Å². The number of carbonyl (C=O) groups excluding carboxylic acids is 1. The SMILES string of the molecule is CC(C)(COc1ccc(F)c(Cl)c1)C(=O)NN. The van der Waals surface area contributed by atoms with E-state index in [4.69, 9.17) is 22.2 Å². The van der Waals surface area contributed by atoms with Crippen LogP contribution >= 0.6 is 11.6 Å². The van der Waals surface area contributed by atoms with Crippen molar-refractivity contribution in [3.05, 3.63) is 29.0 Å². The molecule has 0 aliphatic carbocycles. The summed E-state index contributed by atoms with van der Waals surface area (Å²) in [7, 11) is 0. The van der Waals surface area contributed by atoms with Crippen LogP contribution in [0, 0.1) is 11.2 Å². The minimum absolute atomic E-state index is 0.0245. The highest BCUT2D eigenvalue weighted by Gasteiger charge is 2.28. The Morgan fingerprint density at radius 1 is 1.59 bits per heavy atom. The molecule has 0 heterocycles. The van der Waals surface area contributed by atoms with Crippen molar-refractivity contribution in [3.8, 4) is 5.75 Å². The van der Waals surface area contributed by atoms with Crippen LogP contribution in [-0.2, 0) is 4.79 Å². The number of carbonyl (C=O) groups is 1. The van der Waals surface area contributed by atoms with Crippen molar-refractivity contribution in [2.45, 2.75) is 13.8 Å². The predicted molar refractivity (Wildman–Crippen MR) is 63.0 cm³/mol. The minimum Gasteiger partial charge on any atom is -0.492 e. The highest BCUT2D eigenvalue weighted by atomic mass is 35.5. The molecular weight excluding hydrogens is 247 g/mol. The lowest BCUT2D eigenvalue weighted by Gasteiger charge is -2.22. The number of halogens is 2. The van der Waals surface area contributed by atoms with E-state index in [-0.39, 0.29) is 17.5 Å². The topological polar surface area (TPSA) is 64.3 Å². The summed E-state index contributed by atoms with van der Waals surface area (Å²) in [5.41, 5.74) is 1.27. The van der Waals surface area contributed by atoms with E-state index in [1.807, 2.05) is 0 Å². The molecule has 0 saturated carbocycles. The second-order valence-corrected chi connectivity index (χ2v) is 4.63. The number of hydrogen-bond acceptors (Lipinski definition) is 3. The van der Waals surface area contributed by atoms with Crippen molar-refractivity contribution in [1.82, 2.24) is 5.43 Å².